The van der Waals surface area contributed by atoms with E-state index in [1.165, 1.54) is 32.1 Å². The Bertz CT molecular complexity index is 391. The highest BCUT2D eigenvalue weighted by molar-refractivity contribution is 5.31. The highest BCUT2D eigenvalue weighted by Crippen LogP contribution is 2.27. The van der Waals surface area contributed by atoms with Crippen molar-refractivity contribution in [2.24, 2.45) is 5.92 Å². The van der Waals surface area contributed by atoms with Crippen LogP contribution >= 0.6 is 0 Å². The lowest BCUT2D eigenvalue weighted by Crippen LogP contribution is -2.39. The van der Waals surface area contributed by atoms with Crippen LogP contribution < -0.4 is 14.8 Å². The number of methoxy groups -OCH3 is 1. The zero-order chi connectivity index (χ0) is 14.9. The van der Waals surface area contributed by atoms with Crippen LogP contribution in [0.2, 0.25) is 0 Å². The van der Waals surface area contributed by atoms with Gasteiger partial charge >= 0.3 is 0 Å². The van der Waals surface area contributed by atoms with Crippen LogP contribution in [0.25, 0.3) is 0 Å². The highest BCUT2D eigenvalue weighted by Gasteiger charge is 2.24. The monoisotopic (exact) mass is 291 g/mol. The normalized spacial score (nSPS) is 22.0. The first kappa shape index (κ1) is 16.2. The molecule has 1 aromatic carbocycles. The van der Waals surface area contributed by atoms with E-state index >= 15 is 0 Å². The lowest BCUT2D eigenvalue weighted by Gasteiger charge is -2.32. The summed E-state index contributed by atoms with van der Waals surface area (Å²) in [5, 5.41) is 3.71. The van der Waals surface area contributed by atoms with Crippen LogP contribution in [0.3, 0.4) is 0 Å². The molecule has 1 aliphatic rings. The van der Waals surface area contributed by atoms with Gasteiger partial charge in [0.05, 0.1) is 13.7 Å². The number of hydrogen-bond donors (Lipinski definition) is 1. The molecule has 118 valence electrons. The molecule has 0 spiro atoms. The van der Waals surface area contributed by atoms with Gasteiger partial charge in [-0.2, -0.15) is 0 Å². The van der Waals surface area contributed by atoms with Crippen molar-refractivity contribution in [1.82, 2.24) is 5.32 Å². The Hall–Kier alpha value is -1.22. The van der Waals surface area contributed by atoms with Crippen LogP contribution in [0.1, 0.15) is 45.4 Å². The molecule has 0 bridgehead atoms. The molecule has 3 nitrogen and oxygen atoms in total. The zero-order valence-corrected chi connectivity index (χ0v) is 13.4. The molecular weight excluding hydrogens is 262 g/mol. The van der Waals surface area contributed by atoms with Gasteiger partial charge in [0.2, 0.25) is 0 Å². The Morgan fingerprint density at radius 3 is 2.52 bits per heavy atom. The van der Waals surface area contributed by atoms with Crippen molar-refractivity contribution in [2.45, 2.75) is 51.5 Å². The summed E-state index contributed by atoms with van der Waals surface area (Å²) in [4.78, 5) is 0. The summed E-state index contributed by atoms with van der Waals surface area (Å²) >= 11 is 0. The average Bonchev–Trinajstić information content (AvgIpc) is 2.54. The third-order valence-electron chi connectivity index (χ3n) is 4.38. The van der Waals surface area contributed by atoms with Crippen molar-refractivity contribution in [3.63, 3.8) is 0 Å². The van der Waals surface area contributed by atoms with Gasteiger partial charge in [-0.3, -0.25) is 0 Å². The van der Waals surface area contributed by atoms with E-state index in [0.717, 1.165) is 37.0 Å². The Labute approximate surface area is 129 Å². The van der Waals surface area contributed by atoms with E-state index in [0.29, 0.717) is 6.04 Å². The molecule has 0 aromatic heterocycles. The van der Waals surface area contributed by atoms with E-state index in [4.69, 9.17) is 9.47 Å². The van der Waals surface area contributed by atoms with Gasteiger partial charge in [0, 0.05) is 6.04 Å². The largest absolute Gasteiger partial charge is 0.497 e. The molecule has 0 saturated heterocycles. The number of rotatable bonds is 8. The topological polar surface area (TPSA) is 30.5 Å². The number of hydrogen-bond acceptors (Lipinski definition) is 3. The summed E-state index contributed by atoms with van der Waals surface area (Å²) in [6, 6.07) is 8.54. The van der Waals surface area contributed by atoms with Gasteiger partial charge in [0.1, 0.15) is 11.5 Å². The molecule has 3 heteroatoms. The Balaban J connectivity index is 1.74. The molecule has 0 amide bonds. The summed E-state index contributed by atoms with van der Waals surface area (Å²) < 4.78 is 11.0. The molecule has 1 aliphatic carbocycles. The molecule has 1 N–H and O–H groups in total. The number of benzene rings is 1. The lowest BCUT2D eigenvalue weighted by atomic mass is 9.82. The van der Waals surface area contributed by atoms with Gasteiger partial charge in [-0.25, -0.2) is 0 Å². The van der Waals surface area contributed by atoms with E-state index in [1.807, 2.05) is 24.3 Å². The van der Waals surface area contributed by atoms with Crippen molar-refractivity contribution in [2.75, 3.05) is 20.3 Å². The van der Waals surface area contributed by atoms with Gasteiger partial charge in [0.25, 0.3) is 0 Å². The van der Waals surface area contributed by atoms with E-state index in [-0.39, 0.29) is 0 Å². The number of ether oxygens (including phenoxy) is 2. The van der Waals surface area contributed by atoms with E-state index in [9.17, 15) is 0 Å². The fourth-order valence-corrected chi connectivity index (χ4v) is 3.15. The molecule has 0 radical (unpaired) electrons. The molecule has 21 heavy (non-hydrogen) atoms. The van der Waals surface area contributed by atoms with Crippen LogP contribution in [-0.2, 0) is 0 Å². The summed E-state index contributed by atoms with van der Waals surface area (Å²) in [7, 11) is 1.68. The molecule has 2 atom stereocenters. The second kappa shape index (κ2) is 8.93. The van der Waals surface area contributed by atoms with Gasteiger partial charge in [-0.15, -0.1) is 0 Å². The maximum absolute atomic E-state index is 5.88. The van der Waals surface area contributed by atoms with Crippen molar-refractivity contribution in [3.05, 3.63) is 24.3 Å². The van der Waals surface area contributed by atoms with Crippen LogP contribution in [0.15, 0.2) is 24.3 Å². The predicted octanol–water partition coefficient (Wildman–Crippen LogP) is 4.02. The summed E-state index contributed by atoms with van der Waals surface area (Å²) in [5.74, 6) is 2.58. The van der Waals surface area contributed by atoms with E-state index in [1.54, 1.807) is 7.11 Å². The Morgan fingerprint density at radius 2 is 1.81 bits per heavy atom. The third-order valence-corrected chi connectivity index (χ3v) is 4.38. The molecule has 1 fully saturated rings. The highest BCUT2D eigenvalue weighted by atomic mass is 16.5. The van der Waals surface area contributed by atoms with Crippen LogP contribution in [0.4, 0.5) is 0 Å². The maximum Gasteiger partial charge on any atom is 0.119 e. The average molecular weight is 291 g/mol. The van der Waals surface area contributed by atoms with Crippen molar-refractivity contribution in [3.8, 4) is 11.5 Å². The molecule has 2 rings (SSSR count). The summed E-state index contributed by atoms with van der Waals surface area (Å²) in [6.45, 7) is 4.18. The second-order valence-electron chi connectivity index (χ2n) is 5.92. The lowest BCUT2D eigenvalue weighted by molar-refractivity contribution is 0.204. The molecule has 1 aromatic rings. The van der Waals surface area contributed by atoms with Crippen molar-refractivity contribution < 1.29 is 9.47 Å². The first-order valence-electron chi connectivity index (χ1n) is 8.33. The standard InChI is InChI=1S/C18H29NO2/c1-3-13-19-18-7-5-4-6-15(18)12-14-21-17-10-8-16(20-2)9-11-17/h8-11,15,18-19H,3-7,12-14H2,1-2H3. The van der Waals surface area contributed by atoms with Gasteiger partial charge in [0.15, 0.2) is 0 Å². The first-order chi connectivity index (χ1) is 10.3. The fraction of sp³-hybridized carbons (Fsp3) is 0.667. The van der Waals surface area contributed by atoms with Crippen molar-refractivity contribution >= 4 is 0 Å². The maximum atomic E-state index is 5.88. The second-order valence-corrected chi connectivity index (χ2v) is 5.92. The number of nitrogens with one attached hydrogen (secondary N) is 1. The fourth-order valence-electron chi connectivity index (χ4n) is 3.15. The quantitative estimate of drug-likeness (QED) is 0.784. The molecular formula is C18H29NO2. The van der Waals surface area contributed by atoms with E-state index in [2.05, 4.69) is 12.2 Å². The van der Waals surface area contributed by atoms with E-state index < -0.39 is 0 Å². The van der Waals surface area contributed by atoms with Gasteiger partial charge < -0.3 is 14.8 Å². The van der Waals surface area contributed by atoms with Crippen LogP contribution in [0.5, 0.6) is 11.5 Å². The van der Waals surface area contributed by atoms with Crippen LogP contribution in [-0.4, -0.2) is 26.3 Å². The summed E-state index contributed by atoms with van der Waals surface area (Å²) in [6.07, 6.45) is 7.77. The summed E-state index contributed by atoms with van der Waals surface area (Å²) in [5.41, 5.74) is 0. The molecule has 0 aliphatic heterocycles. The smallest absolute Gasteiger partial charge is 0.119 e. The minimum Gasteiger partial charge on any atom is -0.497 e. The Kier molecular flexibility index (Phi) is 6.87. The molecule has 0 heterocycles. The third kappa shape index (κ3) is 5.24. The molecule has 2 unspecified atom stereocenters. The van der Waals surface area contributed by atoms with Crippen LogP contribution in [0, 0.1) is 5.92 Å². The first-order valence-corrected chi connectivity index (χ1v) is 8.33. The predicted molar refractivity (Wildman–Crippen MR) is 87.1 cm³/mol. The van der Waals surface area contributed by atoms with Gasteiger partial charge in [-0.05, 0) is 62.4 Å². The minimum absolute atomic E-state index is 0.693. The molecule has 1 saturated carbocycles. The zero-order valence-electron chi connectivity index (χ0n) is 13.4. The van der Waals surface area contributed by atoms with Crippen molar-refractivity contribution in [1.29, 1.82) is 0 Å². The SMILES string of the molecule is CCCNC1CCCCC1CCOc1ccc(OC)cc1. The van der Waals surface area contributed by atoms with Gasteiger partial charge in [-0.1, -0.05) is 19.8 Å². The minimum atomic E-state index is 0.693. The Morgan fingerprint density at radius 1 is 1.10 bits per heavy atom.